The molecule has 4 rings (SSSR count). The quantitative estimate of drug-likeness (QED) is 0.482. The first-order valence-corrected chi connectivity index (χ1v) is 10.8. The predicted molar refractivity (Wildman–Crippen MR) is 118 cm³/mol. The van der Waals surface area contributed by atoms with Crippen LogP contribution in [-0.4, -0.2) is 45.4 Å². The van der Waals surface area contributed by atoms with Crippen molar-refractivity contribution in [1.29, 1.82) is 0 Å². The Kier molecular flexibility index (Phi) is 5.92. The zero-order valence-electron chi connectivity index (χ0n) is 16.9. The van der Waals surface area contributed by atoms with E-state index in [1.54, 1.807) is 12.1 Å². The number of halogens is 1. The lowest BCUT2D eigenvalue weighted by molar-refractivity contribution is 0.0601. The predicted octanol–water partition coefficient (Wildman–Crippen LogP) is 4.91. The molecule has 3 aromatic rings. The Morgan fingerprint density at radius 2 is 1.93 bits per heavy atom. The number of aromatic nitrogens is 2. The summed E-state index contributed by atoms with van der Waals surface area (Å²) in [5.41, 5.74) is 3.48. The summed E-state index contributed by atoms with van der Waals surface area (Å²) in [7, 11) is 0. The van der Waals surface area contributed by atoms with Crippen LogP contribution in [0.3, 0.4) is 0 Å². The SMILES string of the molecule is CC(C)OCCCN1C(=O)c2[nH]nc(-c3ccccc3O)c2C1c1ccc(Br)cc1. The van der Waals surface area contributed by atoms with Gasteiger partial charge in [0.1, 0.15) is 17.1 Å². The van der Waals surface area contributed by atoms with Crippen LogP contribution < -0.4 is 0 Å². The fraction of sp³-hybridized carbons (Fsp3) is 0.304. The molecule has 0 fully saturated rings. The highest BCUT2D eigenvalue weighted by Crippen LogP contribution is 2.44. The van der Waals surface area contributed by atoms with Gasteiger partial charge in [0.15, 0.2) is 0 Å². The molecule has 1 aliphatic heterocycles. The zero-order chi connectivity index (χ0) is 21.3. The Morgan fingerprint density at radius 1 is 1.20 bits per heavy atom. The lowest BCUT2D eigenvalue weighted by Crippen LogP contribution is -2.31. The Morgan fingerprint density at radius 3 is 2.63 bits per heavy atom. The fourth-order valence-electron chi connectivity index (χ4n) is 3.85. The third-order valence-electron chi connectivity index (χ3n) is 5.20. The van der Waals surface area contributed by atoms with Gasteiger partial charge in [-0.15, -0.1) is 0 Å². The lowest BCUT2D eigenvalue weighted by Gasteiger charge is -2.26. The molecule has 0 radical (unpaired) electrons. The molecule has 1 amide bonds. The van der Waals surface area contributed by atoms with Gasteiger partial charge in [-0.25, -0.2) is 0 Å². The highest BCUT2D eigenvalue weighted by atomic mass is 79.9. The number of para-hydroxylation sites is 1. The van der Waals surface area contributed by atoms with Gasteiger partial charge in [0, 0.05) is 28.8 Å². The van der Waals surface area contributed by atoms with Crippen LogP contribution in [0.25, 0.3) is 11.3 Å². The second-order valence-electron chi connectivity index (χ2n) is 7.60. The van der Waals surface area contributed by atoms with Gasteiger partial charge in [0.25, 0.3) is 5.91 Å². The number of nitrogens with zero attached hydrogens (tertiary/aromatic N) is 2. The molecule has 30 heavy (non-hydrogen) atoms. The van der Waals surface area contributed by atoms with E-state index >= 15 is 0 Å². The van der Waals surface area contributed by atoms with Crippen LogP contribution in [0, 0.1) is 0 Å². The van der Waals surface area contributed by atoms with E-state index < -0.39 is 0 Å². The zero-order valence-corrected chi connectivity index (χ0v) is 18.5. The third kappa shape index (κ3) is 3.87. The van der Waals surface area contributed by atoms with Gasteiger partial charge in [-0.1, -0.05) is 40.2 Å². The summed E-state index contributed by atoms with van der Waals surface area (Å²) >= 11 is 3.48. The molecule has 6 nitrogen and oxygen atoms in total. The molecular formula is C23H24BrN3O3. The second-order valence-corrected chi connectivity index (χ2v) is 8.52. The number of rotatable bonds is 7. The van der Waals surface area contributed by atoms with Gasteiger partial charge in [-0.3, -0.25) is 9.89 Å². The Balaban J connectivity index is 1.74. The molecule has 1 aliphatic rings. The number of benzene rings is 2. The van der Waals surface area contributed by atoms with Crippen LogP contribution in [0.2, 0.25) is 0 Å². The number of hydrogen-bond acceptors (Lipinski definition) is 4. The van der Waals surface area contributed by atoms with Crippen LogP contribution in [0.5, 0.6) is 5.75 Å². The summed E-state index contributed by atoms with van der Waals surface area (Å²) < 4.78 is 6.64. The van der Waals surface area contributed by atoms with E-state index in [0.717, 1.165) is 22.0 Å². The van der Waals surface area contributed by atoms with Crippen molar-refractivity contribution in [2.75, 3.05) is 13.2 Å². The minimum atomic E-state index is -0.284. The Labute approximate surface area is 184 Å². The molecule has 156 valence electrons. The molecule has 0 bridgehead atoms. The molecule has 1 unspecified atom stereocenters. The second kappa shape index (κ2) is 8.62. The first kappa shape index (κ1) is 20.6. The maximum Gasteiger partial charge on any atom is 0.273 e. The van der Waals surface area contributed by atoms with Gasteiger partial charge < -0.3 is 14.7 Å². The molecule has 2 N–H and O–H groups in total. The van der Waals surface area contributed by atoms with Crippen molar-refractivity contribution in [2.24, 2.45) is 0 Å². The number of fused-ring (bicyclic) bond motifs is 1. The number of amides is 1. The van der Waals surface area contributed by atoms with Crippen molar-refractivity contribution >= 4 is 21.8 Å². The van der Waals surface area contributed by atoms with Crippen molar-refractivity contribution < 1.29 is 14.6 Å². The van der Waals surface area contributed by atoms with Crippen molar-refractivity contribution in [3.05, 3.63) is 69.8 Å². The first-order valence-electron chi connectivity index (χ1n) is 10.0. The molecular weight excluding hydrogens is 446 g/mol. The third-order valence-corrected chi connectivity index (χ3v) is 5.73. The maximum atomic E-state index is 13.2. The van der Waals surface area contributed by atoms with Gasteiger partial charge in [-0.05, 0) is 50.1 Å². The molecule has 2 heterocycles. The number of nitrogens with one attached hydrogen (secondary N) is 1. The molecule has 0 saturated carbocycles. The minimum Gasteiger partial charge on any atom is -0.507 e. The van der Waals surface area contributed by atoms with Gasteiger partial charge >= 0.3 is 0 Å². The van der Waals surface area contributed by atoms with E-state index in [2.05, 4.69) is 26.1 Å². The summed E-state index contributed by atoms with van der Waals surface area (Å²) in [4.78, 5) is 15.1. The van der Waals surface area contributed by atoms with Crippen LogP contribution in [0.4, 0.5) is 0 Å². The normalized spacial score (nSPS) is 15.8. The summed E-state index contributed by atoms with van der Waals surface area (Å²) in [6.45, 7) is 5.16. The van der Waals surface area contributed by atoms with Crippen LogP contribution in [0.15, 0.2) is 53.0 Å². The Bertz CT molecular complexity index is 1050. The van der Waals surface area contributed by atoms with E-state index in [0.29, 0.717) is 30.1 Å². The molecule has 7 heteroatoms. The molecule has 1 aromatic heterocycles. The van der Waals surface area contributed by atoms with Gasteiger partial charge in [0.2, 0.25) is 0 Å². The van der Waals surface area contributed by atoms with Gasteiger partial charge in [0.05, 0.1) is 12.1 Å². The standard InChI is InChI=1S/C23H24BrN3O3/c1-14(2)30-13-5-12-27-22(15-8-10-16(24)11-9-15)19-20(25-26-21(19)23(27)29)17-6-3-4-7-18(17)28/h3-4,6-11,14,22,28H,5,12-13H2,1-2H3,(H,25,26). The first-order chi connectivity index (χ1) is 14.5. The fourth-order valence-corrected chi connectivity index (χ4v) is 4.12. The number of H-pyrrole nitrogens is 1. The lowest BCUT2D eigenvalue weighted by atomic mass is 9.96. The van der Waals surface area contributed by atoms with Gasteiger partial charge in [-0.2, -0.15) is 5.10 Å². The summed E-state index contributed by atoms with van der Waals surface area (Å²) in [5, 5.41) is 17.7. The highest BCUT2D eigenvalue weighted by molar-refractivity contribution is 9.10. The average molecular weight is 470 g/mol. The number of carbonyl (C=O) groups is 1. The largest absolute Gasteiger partial charge is 0.507 e. The summed E-state index contributed by atoms with van der Waals surface area (Å²) in [6.07, 6.45) is 0.895. The van der Waals surface area contributed by atoms with Crippen molar-refractivity contribution in [2.45, 2.75) is 32.4 Å². The average Bonchev–Trinajstić information content (AvgIpc) is 3.26. The van der Waals surface area contributed by atoms with Crippen molar-refractivity contribution in [3.8, 4) is 17.0 Å². The topological polar surface area (TPSA) is 78.5 Å². The van der Waals surface area contributed by atoms with Crippen molar-refractivity contribution in [1.82, 2.24) is 15.1 Å². The van der Waals surface area contributed by atoms with Crippen molar-refractivity contribution in [3.63, 3.8) is 0 Å². The number of hydrogen-bond donors (Lipinski definition) is 2. The van der Waals surface area contributed by atoms with E-state index in [4.69, 9.17) is 4.74 Å². The van der Waals surface area contributed by atoms with Crippen LogP contribution in [0.1, 0.15) is 47.9 Å². The smallest absolute Gasteiger partial charge is 0.273 e. The van der Waals surface area contributed by atoms with E-state index in [9.17, 15) is 9.90 Å². The highest BCUT2D eigenvalue weighted by Gasteiger charge is 2.42. The van der Waals surface area contributed by atoms with Crippen LogP contribution >= 0.6 is 15.9 Å². The molecule has 1 atom stereocenters. The number of phenolic OH excluding ortho intramolecular Hbond substituents is 1. The monoisotopic (exact) mass is 469 g/mol. The maximum absolute atomic E-state index is 13.2. The summed E-state index contributed by atoms with van der Waals surface area (Å²) in [5.74, 6) is 0.0502. The number of aromatic amines is 1. The molecule has 0 saturated heterocycles. The number of ether oxygens (including phenoxy) is 1. The molecule has 2 aromatic carbocycles. The molecule has 0 aliphatic carbocycles. The van der Waals surface area contributed by atoms with E-state index in [-0.39, 0.29) is 23.8 Å². The number of carbonyl (C=O) groups excluding carboxylic acids is 1. The Hall–Kier alpha value is -2.64. The van der Waals surface area contributed by atoms with E-state index in [1.807, 2.05) is 55.1 Å². The molecule has 0 spiro atoms. The number of aromatic hydroxyl groups is 1. The van der Waals surface area contributed by atoms with Crippen LogP contribution in [-0.2, 0) is 4.74 Å². The minimum absolute atomic E-state index is 0.0864. The van der Waals surface area contributed by atoms with E-state index in [1.165, 1.54) is 0 Å². The summed E-state index contributed by atoms with van der Waals surface area (Å²) in [6, 6.07) is 14.7. The number of phenols is 1.